The van der Waals surface area contributed by atoms with Gasteiger partial charge in [-0.05, 0) is 58.2 Å². The van der Waals surface area contributed by atoms with Gasteiger partial charge in [-0.2, -0.15) is 10.1 Å². The number of hydrogen-bond acceptors (Lipinski definition) is 7. The lowest BCUT2D eigenvalue weighted by Crippen LogP contribution is -2.43. The fourth-order valence-corrected chi connectivity index (χ4v) is 4.60. The van der Waals surface area contributed by atoms with Gasteiger partial charge in [-0.25, -0.2) is 19.3 Å². The van der Waals surface area contributed by atoms with E-state index in [-0.39, 0.29) is 18.0 Å². The molecule has 0 N–H and O–H groups in total. The highest BCUT2D eigenvalue weighted by Gasteiger charge is 2.31. The molecule has 4 heterocycles. The molecule has 8 nitrogen and oxygen atoms in total. The van der Waals surface area contributed by atoms with Crippen LogP contribution in [0.1, 0.15) is 54.4 Å². The van der Waals surface area contributed by atoms with Crippen LogP contribution < -0.4 is 4.90 Å². The van der Waals surface area contributed by atoms with E-state index in [9.17, 15) is 0 Å². The summed E-state index contributed by atoms with van der Waals surface area (Å²) in [6.45, 7) is 8.89. The molecule has 1 saturated heterocycles. The third-order valence-electron chi connectivity index (χ3n) is 6.77. The van der Waals surface area contributed by atoms with Crippen LogP contribution in [0.25, 0.3) is 22.4 Å². The first-order chi connectivity index (χ1) is 16.9. The van der Waals surface area contributed by atoms with Gasteiger partial charge in [0.15, 0.2) is 5.65 Å². The molecule has 4 aromatic rings. The molecule has 1 aromatic carbocycles. The third-order valence-corrected chi connectivity index (χ3v) is 6.77. The van der Waals surface area contributed by atoms with E-state index < -0.39 is 0 Å². The zero-order valence-corrected chi connectivity index (χ0v) is 20.4. The number of rotatable bonds is 4. The minimum Gasteiger partial charge on any atom is -0.367 e. The van der Waals surface area contributed by atoms with Crippen molar-refractivity contribution in [2.24, 2.45) is 0 Å². The fraction of sp³-hybridized carbons (Fsp3) is 0.423. The summed E-state index contributed by atoms with van der Waals surface area (Å²) in [5.41, 5.74) is 5.27. The van der Waals surface area contributed by atoms with Crippen LogP contribution in [0.15, 0.2) is 30.6 Å². The van der Waals surface area contributed by atoms with Crippen LogP contribution >= 0.6 is 0 Å². The minimum absolute atomic E-state index is 0.0391. The van der Waals surface area contributed by atoms with Gasteiger partial charge in [-0.1, -0.05) is 6.07 Å². The van der Waals surface area contributed by atoms with Crippen molar-refractivity contribution in [1.29, 1.82) is 0 Å². The summed E-state index contributed by atoms with van der Waals surface area (Å²) >= 11 is 0. The largest absolute Gasteiger partial charge is 0.367 e. The monoisotopic (exact) mass is 473 g/mol. The summed E-state index contributed by atoms with van der Waals surface area (Å²) in [4.78, 5) is 21.1. The highest BCUT2D eigenvalue weighted by molar-refractivity contribution is 5.88. The normalized spacial score (nSPS) is 20.5. The Balaban J connectivity index is 1.43. The van der Waals surface area contributed by atoms with E-state index in [1.807, 2.05) is 44.6 Å². The molecular weight excluding hydrogens is 445 g/mol. The number of nitrogens with zero attached hydrogens (tertiary/aromatic N) is 7. The Morgan fingerprint density at radius 3 is 2.57 bits per heavy atom. The first kappa shape index (κ1) is 22.0. The first-order valence-corrected chi connectivity index (χ1v) is 12.1. The average molecular weight is 474 g/mol. The maximum Gasteiger partial charge on any atom is 0.228 e. The van der Waals surface area contributed by atoms with E-state index in [1.54, 1.807) is 6.07 Å². The van der Waals surface area contributed by atoms with Gasteiger partial charge >= 0.3 is 0 Å². The molecule has 1 aliphatic heterocycles. The molecule has 0 radical (unpaired) electrons. The van der Waals surface area contributed by atoms with Crippen molar-refractivity contribution >= 4 is 17.1 Å². The Morgan fingerprint density at radius 2 is 1.80 bits per heavy atom. The smallest absolute Gasteiger partial charge is 0.228 e. The fourth-order valence-electron chi connectivity index (χ4n) is 4.60. The lowest BCUT2D eigenvalue weighted by Gasteiger charge is -2.36. The zero-order valence-electron chi connectivity index (χ0n) is 20.4. The number of halogens is 1. The lowest BCUT2D eigenvalue weighted by molar-refractivity contribution is -0.0178. The van der Waals surface area contributed by atoms with Crippen LogP contribution in [-0.2, 0) is 4.74 Å². The number of morpholine rings is 1. The summed E-state index contributed by atoms with van der Waals surface area (Å²) in [5, 5.41) is 4.53. The molecule has 0 spiro atoms. The van der Waals surface area contributed by atoms with Crippen LogP contribution in [0.5, 0.6) is 0 Å². The van der Waals surface area contributed by atoms with Crippen molar-refractivity contribution in [3.05, 3.63) is 58.9 Å². The van der Waals surface area contributed by atoms with Gasteiger partial charge in [0, 0.05) is 23.9 Å². The summed E-state index contributed by atoms with van der Waals surface area (Å²) < 4.78 is 23.4. The van der Waals surface area contributed by atoms with E-state index in [4.69, 9.17) is 19.7 Å². The Bertz CT molecular complexity index is 1430. The van der Waals surface area contributed by atoms with Crippen LogP contribution in [-0.4, -0.2) is 48.9 Å². The Morgan fingerprint density at radius 1 is 1.00 bits per heavy atom. The molecule has 0 bridgehead atoms. The van der Waals surface area contributed by atoms with Crippen molar-refractivity contribution in [3.8, 4) is 11.3 Å². The Kier molecular flexibility index (Phi) is 5.25. The summed E-state index contributed by atoms with van der Waals surface area (Å²) in [6.07, 6.45) is 6.14. The van der Waals surface area contributed by atoms with Gasteiger partial charge in [-0.3, -0.25) is 4.68 Å². The van der Waals surface area contributed by atoms with Crippen molar-refractivity contribution < 1.29 is 9.13 Å². The zero-order chi connectivity index (χ0) is 24.3. The maximum absolute atomic E-state index is 15.1. The van der Waals surface area contributed by atoms with Crippen molar-refractivity contribution in [3.63, 3.8) is 0 Å². The molecular formula is C26H28FN7O. The minimum atomic E-state index is -0.336. The average Bonchev–Trinajstić information content (AvgIpc) is 3.55. The predicted octanol–water partition coefficient (Wildman–Crippen LogP) is 4.65. The van der Waals surface area contributed by atoms with E-state index in [0.29, 0.717) is 47.5 Å². The van der Waals surface area contributed by atoms with Gasteiger partial charge in [0.25, 0.3) is 0 Å². The number of benzene rings is 1. The quantitative estimate of drug-likeness (QED) is 0.427. The van der Waals surface area contributed by atoms with Crippen LogP contribution in [0.4, 0.5) is 10.3 Å². The maximum atomic E-state index is 15.1. The molecule has 0 amide bonds. The van der Waals surface area contributed by atoms with Crippen LogP contribution in [0, 0.1) is 26.6 Å². The van der Waals surface area contributed by atoms with Crippen molar-refractivity contribution in [2.45, 2.75) is 58.8 Å². The number of anilines is 1. The molecule has 6 rings (SSSR count). The van der Waals surface area contributed by atoms with Gasteiger partial charge < -0.3 is 9.64 Å². The molecule has 2 atom stereocenters. The Labute approximate surface area is 203 Å². The molecule has 1 saturated carbocycles. The molecule has 35 heavy (non-hydrogen) atoms. The van der Waals surface area contributed by atoms with Gasteiger partial charge in [0.05, 0.1) is 36.3 Å². The van der Waals surface area contributed by atoms with Gasteiger partial charge in [0.2, 0.25) is 5.95 Å². The molecule has 3 aromatic heterocycles. The molecule has 2 fully saturated rings. The predicted molar refractivity (Wildman–Crippen MR) is 131 cm³/mol. The van der Waals surface area contributed by atoms with E-state index >= 15 is 4.39 Å². The number of aryl methyl sites for hydroxylation is 3. The number of hydrogen-bond donors (Lipinski definition) is 0. The molecule has 180 valence electrons. The molecule has 9 heteroatoms. The molecule has 0 unspecified atom stereocenters. The highest BCUT2D eigenvalue weighted by atomic mass is 19.1. The summed E-state index contributed by atoms with van der Waals surface area (Å²) in [7, 11) is 0. The van der Waals surface area contributed by atoms with Crippen molar-refractivity contribution in [2.75, 3.05) is 18.0 Å². The highest BCUT2D eigenvalue weighted by Crippen LogP contribution is 2.36. The van der Waals surface area contributed by atoms with E-state index in [0.717, 1.165) is 22.5 Å². The van der Waals surface area contributed by atoms with Gasteiger partial charge in [0.1, 0.15) is 23.1 Å². The van der Waals surface area contributed by atoms with Crippen LogP contribution in [0.3, 0.4) is 0 Å². The summed E-state index contributed by atoms with van der Waals surface area (Å²) in [5.74, 6) is 0.163. The van der Waals surface area contributed by atoms with Gasteiger partial charge in [-0.15, -0.1) is 0 Å². The first-order valence-electron chi connectivity index (χ1n) is 12.1. The second-order valence-corrected chi connectivity index (χ2v) is 9.75. The van der Waals surface area contributed by atoms with E-state index in [2.05, 4.69) is 21.2 Å². The second-order valence-electron chi connectivity index (χ2n) is 9.75. The van der Waals surface area contributed by atoms with Crippen molar-refractivity contribution in [1.82, 2.24) is 29.7 Å². The lowest BCUT2D eigenvalue weighted by atomic mass is 10.1. The van der Waals surface area contributed by atoms with E-state index in [1.165, 1.54) is 18.9 Å². The number of fused-ring (bicyclic) bond motifs is 1. The molecule has 1 aliphatic carbocycles. The summed E-state index contributed by atoms with van der Waals surface area (Å²) in [6, 6.07) is 5.67. The molecule has 2 aliphatic rings. The number of aromatic nitrogens is 6. The third kappa shape index (κ3) is 4.14. The Hall–Kier alpha value is -3.46. The topological polar surface area (TPSA) is 81.9 Å². The standard InChI is InChI=1S/C26H28FN7O/c1-14-5-8-20(21(27)9-14)23-24-25(30-17(4)16(3)29-24)32-26(31-23)33-11-15(2)35-22(13-33)18-10-28-34(12-18)19-6-7-19/h5,8-10,12,15,19,22H,6-7,11,13H2,1-4H3/t15-,22+/m0/s1. The number of ether oxygens (including phenoxy) is 1. The SMILES string of the molecule is Cc1ccc(-c2nc(N3C[C@H](C)O[C@@H](c4cnn(C5CC5)c4)C3)nc3nc(C)c(C)nc23)c(F)c1. The van der Waals surface area contributed by atoms with Crippen LogP contribution in [0.2, 0.25) is 0 Å². The second kappa shape index (κ2) is 8.34.